The minimum absolute atomic E-state index is 0.0106. The SMILES string of the molecule is Cc1ccc(C=C(C#N)C(=O)Nc2sc3c(c2C(=O)OC(C)C)CCCC3)s1. The van der Waals surface area contributed by atoms with Crippen molar-refractivity contribution < 1.29 is 14.3 Å². The number of ether oxygens (including phenoxy) is 1. The molecule has 2 heterocycles. The summed E-state index contributed by atoms with van der Waals surface area (Å²) in [6.45, 7) is 5.57. The van der Waals surface area contributed by atoms with Crippen LogP contribution in [0.5, 0.6) is 0 Å². The Labute approximate surface area is 172 Å². The summed E-state index contributed by atoms with van der Waals surface area (Å²) >= 11 is 2.93. The third-order valence-corrected chi connectivity index (χ3v) is 6.51. The zero-order chi connectivity index (χ0) is 20.3. The van der Waals surface area contributed by atoms with Gasteiger partial charge in [-0.1, -0.05) is 0 Å². The molecule has 0 saturated carbocycles. The fourth-order valence-corrected chi connectivity index (χ4v) is 5.23. The number of nitriles is 1. The number of aryl methyl sites for hydroxylation is 2. The predicted molar refractivity (Wildman–Crippen MR) is 113 cm³/mol. The van der Waals surface area contributed by atoms with Crippen molar-refractivity contribution >= 4 is 45.6 Å². The summed E-state index contributed by atoms with van der Waals surface area (Å²) in [5, 5.41) is 12.7. The number of fused-ring (bicyclic) bond motifs is 1. The Bertz CT molecular complexity index is 976. The number of nitrogens with one attached hydrogen (secondary N) is 1. The summed E-state index contributed by atoms with van der Waals surface area (Å²) in [5.74, 6) is -0.924. The number of anilines is 1. The van der Waals surface area contributed by atoms with Crippen molar-refractivity contribution in [3.8, 4) is 6.07 Å². The predicted octanol–water partition coefficient (Wildman–Crippen LogP) is 5.11. The van der Waals surface area contributed by atoms with Gasteiger partial charge in [-0.2, -0.15) is 5.26 Å². The fraction of sp³-hybridized carbons (Fsp3) is 0.381. The number of esters is 1. The quantitative estimate of drug-likeness (QED) is 0.419. The molecule has 0 aromatic carbocycles. The third-order valence-electron chi connectivity index (χ3n) is 4.36. The number of carbonyl (C=O) groups is 2. The van der Waals surface area contributed by atoms with Crippen LogP contribution in [0.4, 0.5) is 5.00 Å². The summed E-state index contributed by atoms with van der Waals surface area (Å²) in [6.07, 6.45) is 5.12. The molecule has 0 atom stereocenters. The van der Waals surface area contributed by atoms with Gasteiger partial charge in [0.2, 0.25) is 0 Å². The first-order chi connectivity index (χ1) is 13.4. The molecule has 0 radical (unpaired) electrons. The van der Waals surface area contributed by atoms with E-state index >= 15 is 0 Å². The van der Waals surface area contributed by atoms with Crippen LogP contribution >= 0.6 is 22.7 Å². The number of thiophene rings is 2. The van der Waals surface area contributed by atoms with Gasteiger partial charge in [0.1, 0.15) is 16.6 Å². The Morgan fingerprint density at radius 2 is 2.00 bits per heavy atom. The van der Waals surface area contributed by atoms with Crippen LogP contribution < -0.4 is 5.32 Å². The Hall–Kier alpha value is -2.43. The van der Waals surface area contributed by atoms with Gasteiger partial charge in [-0.15, -0.1) is 22.7 Å². The third kappa shape index (κ3) is 4.51. The van der Waals surface area contributed by atoms with Gasteiger partial charge >= 0.3 is 5.97 Å². The number of hydrogen-bond acceptors (Lipinski definition) is 6. The van der Waals surface area contributed by atoms with E-state index in [2.05, 4.69) is 5.32 Å². The molecule has 1 aliphatic carbocycles. The van der Waals surface area contributed by atoms with Crippen LogP contribution in [0.2, 0.25) is 0 Å². The standard InChI is InChI=1S/C21H22N2O3S2/c1-12(2)26-21(25)18-16-6-4-5-7-17(16)28-20(18)23-19(24)14(11-22)10-15-9-8-13(3)27-15/h8-10,12H,4-7H2,1-3H3,(H,23,24). The van der Waals surface area contributed by atoms with E-state index in [0.29, 0.717) is 10.6 Å². The molecule has 2 aromatic heterocycles. The molecule has 0 spiro atoms. The highest BCUT2D eigenvalue weighted by Gasteiger charge is 2.28. The van der Waals surface area contributed by atoms with Gasteiger partial charge < -0.3 is 10.1 Å². The topological polar surface area (TPSA) is 79.2 Å². The van der Waals surface area contributed by atoms with Crippen LogP contribution in [0.1, 0.15) is 57.2 Å². The molecule has 7 heteroatoms. The lowest BCUT2D eigenvalue weighted by Crippen LogP contribution is -2.18. The Kier molecular flexibility index (Phi) is 6.32. The Morgan fingerprint density at radius 3 is 2.64 bits per heavy atom. The highest BCUT2D eigenvalue weighted by molar-refractivity contribution is 7.17. The lowest BCUT2D eigenvalue weighted by molar-refractivity contribution is -0.112. The fourth-order valence-electron chi connectivity index (χ4n) is 3.14. The van der Waals surface area contributed by atoms with Gasteiger partial charge in [0.15, 0.2) is 0 Å². The maximum atomic E-state index is 12.7. The zero-order valence-corrected chi connectivity index (χ0v) is 17.8. The second kappa shape index (κ2) is 8.72. The highest BCUT2D eigenvalue weighted by atomic mass is 32.1. The number of nitrogens with zero attached hydrogens (tertiary/aromatic N) is 1. The molecule has 2 aromatic rings. The van der Waals surface area contributed by atoms with Crippen molar-refractivity contribution in [1.29, 1.82) is 5.26 Å². The lowest BCUT2D eigenvalue weighted by atomic mass is 9.95. The molecule has 5 nitrogen and oxygen atoms in total. The molecule has 0 saturated heterocycles. The van der Waals surface area contributed by atoms with Crippen LogP contribution in [-0.4, -0.2) is 18.0 Å². The van der Waals surface area contributed by atoms with Gasteiger partial charge in [0, 0.05) is 14.6 Å². The van der Waals surface area contributed by atoms with Gasteiger partial charge in [0.25, 0.3) is 5.91 Å². The molecule has 1 aliphatic rings. The smallest absolute Gasteiger partial charge is 0.341 e. The van der Waals surface area contributed by atoms with Crippen molar-refractivity contribution in [3.63, 3.8) is 0 Å². The normalized spacial score (nSPS) is 13.8. The molecular weight excluding hydrogens is 392 g/mol. The molecule has 0 fully saturated rings. The van der Waals surface area contributed by atoms with Crippen molar-refractivity contribution in [3.05, 3.63) is 43.5 Å². The summed E-state index contributed by atoms with van der Waals surface area (Å²) < 4.78 is 5.41. The molecule has 0 unspecified atom stereocenters. The van der Waals surface area contributed by atoms with Gasteiger partial charge in [-0.25, -0.2) is 4.79 Å². The minimum atomic E-state index is -0.509. The molecule has 1 amide bonds. The first-order valence-electron chi connectivity index (χ1n) is 9.24. The van der Waals surface area contributed by atoms with E-state index in [1.54, 1.807) is 19.9 Å². The number of hydrogen-bond donors (Lipinski definition) is 1. The lowest BCUT2D eigenvalue weighted by Gasteiger charge is -2.14. The molecule has 3 rings (SSSR count). The van der Waals surface area contributed by atoms with Crippen molar-refractivity contribution in [2.24, 2.45) is 0 Å². The number of rotatable bonds is 5. The maximum absolute atomic E-state index is 12.7. The Balaban J connectivity index is 1.91. The van der Waals surface area contributed by atoms with E-state index in [-0.39, 0.29) is 11.7 Å². The van der Waals surface area contributed by atoms with Gasteiger partial charge in [-0.05, 0) is 70.2 Å². The second-order valence-corrected chi connectivity index (χ2v) is 9.37. The number of amides is 1. The Morgan fingerprint density at radius 1 is 1.25 bits per heavy atom. The second-order valence-electron chi connectivity index (χ2n) is 6.94. The van der Waals surface area contributed by atoms with E-state index < -0.39 is 11.9 Å². The monoisotopic (exact) mass is 414 g/mol. The first kappa shape index (κ1) is 20.3. The molecule has 146 valence electrons. The van der Waals surface area contributed by atoms with E-state index in [0.717, 1.165) is 45.9 Å². The maximum Gasteiger partial charge on any atom is 0.341 e. The zero-order valence-electron chi connectivity index (χ0n) is 16.1. The first-order valence-corrected chi connectivity index (χ1v) is 10.9. The molecular formula is C21H22N2O3S2. The van der Waals surface area contributed by atoms with Crippen LogP contribution in [0.15, 0.2) is 17.7 Å². The van der Waals surface area contributed by atoms with Crippen molar-refractivity contribution in [1.82, 2.24) is 0 Å². The molecule has 1 N–H and O–H groups in total. The average Bonchev–Trinajstić information content (AvgIpc) is 3.21. The van der Waals surface area contributed by atoms with Crippen molar-refractivity contribution in [2.45, 2.75) is 52.6 Å². The van der Waals surface area contributed by atoms with Crippen LogP contribution in [0, 0.1) is 18.3 Å². The van der Waals surface area contributed by atoms with E-state index in [1.165, 1.54) is 22.7 Å². The molecule has 0 aliphatic heterocycles. The van der Waals surface area contributed by atoms with Gasteiger partial charge in [-0.3, -0.25) is 4.79 Å². The van der Waals surface area contributed by atoms with E-state index in [4.69, 9.17) is 4.74 Å². The van der Waals surface area contributed by atoms with Crippen LogP contribution in [-0.2, 0) is 22.4 Å². The van der Waals surface area contributed by atoms with E-state index in [1.807, 2.05) is 25.1 Å². The van der Waals surface area contributed by atoms with Crippen LogP contribution in [0.25, 0.3) is 6.08 Å². The van der Waals surface area contributed by atoms with Crippen LogP contribution in [0.3, 0.4) is 0 Å². The summed E-state index contributed by atoms with van der Waals surface area (Å²) in [5.41, 5.74) is 1.44. The summed E-state index contributed by atoms with van der Waals surface area (Å²) in [7, 11) is 0. The average molecular weight is 415 g/mol. The van der Waals surface area contributed by atoms with Crippen molar-refractivity contribution in [2.75, 3.05) is 5.32 Å². The summed E-state index contributed by atoms with van der Waals surface area (Å²) in [6, 6.07) is 5.78. The van der Waals surface area contributed by atoms with E-state index in [9.17, 15) is 14.9 Å². The van der Waals surface area contributed by atoms with Gasteiger partial charge in [0.05, 0.1) is 11.7 Å². The highest BCUT2D eigenvalue weighted by Crippen LogP contribution is 2.39. The summed E-state index contributed by atoms with van der Waals surface area (Å²) in [4.78, 5) is 28.5. The minimum Gasteiger partial charge on any atom is -0.459 e. The molecule has 0 bridgehead atoms. The largest absolute Gasteiger partial charge is 0.459 e. The number of carbonyl (C=O) groups excluding carboxylic acids is 2. The molecule has 28 heavy (non-hydrogen) atoms.